The van der Waals surface area contributed by atoms with Crippen molar-refractivity contribution in [3.05, 3.63) is 23.8 Å². The number of hydrogen-bond donors (Lipinski definition) is 1. The number of nitrogens with two attached hydrogens (primary N) is 1. The molecule has 1 heterocycles. The zero-order valence-corrected chi connectivity index (χ0v) is 13.8. The predicted molar refractivity (Wildman–Crippen MR) is 88.6 cm³/mol. The van der Waals surface area contributed by atoms with E-state index in [-0.39, 0.29) is 5.91 Å². The molecule has 0 spiro atoms. The van der Waals surface area contributed by atoms with Gasteiger partial charge in [0, 0.05) is 32.9 Å². The summed E-state index contributed by atoms with van der Waals surface area (Å²) in [5.41, 5.74) is 8.65. The molecule has 1 aliphatic rings. The second-order valence-corrected chi connectivity index (χ2v) is 7.27. The van der Waals surface area contributed by atoms with Crippen LogP contribution in [-0.2, 0) is 0 Å². The third kappa shape index (κ3) is 3.31. The number of nitrogen functional groups attached to an aromatic ring is 1. The van der Waals surface area contributed by atoms with E-state index in [1.54, 1.807) is 25.1 Å². The Kier molecular flexibility index (Phi) is 4.17. The fraction of sp³-hybridized carbons (Fsp3) is 0.588. The van der Waals surface area contributed by atoms with Gasteiger partial charge in [-0.3, -0.25) is 4.79 Å². The second kappa shape index (κ2) is 5.58. The molecule has 1 atom stereocenters. The maximum atomic E-state index is 12.4. The SMILES string of the molecule is CN(C)C(=O)c1ccc(N)cc1N1CCC(C(C)(C)C)C1. The lowest BCUT2D eigenvalue weighted by Crippen LogP contribution is -2.29. The van der Waals surface area contributed by atoms with E-state index in [2.05, 4.69) is 25.7 Å². The fourth-order valence-electron chi connectivity index (χ4n) is 2.92. The minimum atomic E-state index is 0.0317. The Morgan fingerprint density at radius 3 is 2.52 bits per heavy atom. The quantitative estimate of drug-likeness (QED) is 0.852. The molecule has 4 heteroatoms. The third-order valence-corrected chi connectivity index (χ3v) is 4.41. The van der Waals surface area contributed by atoms with Crippen molar-refractivity contribution in [3.8, 4) is 0 Å². The number of nitrogens with zero attached hydrogens (tertiary/aromatic N) is 2. The number of hydrogen-bond acceptors (Lipinski definition) is 3. The summed E-state index contributed by atoms with van der Waals surface area (Å²) in [5, 5.41) is 0. The van der Waals surface area contributed by atoms with Crippen LogP contribution in [0.4, 0.5) is 11.4 Å². The standard InChI is InChI=1S/C17H27N3O/c1-17(2,3)12-8-9-20(11-12)15-10-13(18)6-7-14(15)16(21)19(4)5/h6-7,10,12H,8-9,11,18H2,1-5H3. The van der Waals surface area contributed by atoms with Gasteiger partial charge in [0.25, 0.3) is 5.91 Å². The molecule has 1 aromatic rings. The van der Waals surface area contributed by atoms with Crippen LogP contribution in [0.5, 0.6) is 0 Å². The van der Waals surface area contributed by atoms with Gasteiger partial charge in [0.05, 0.1) is 11.3 Å². The predicted octanol–water partition coefficient (Wildman–Crippen LogP) is 2.84. The summed E-state index contributed by atoms with van der Waals surface area (Å²) in [6.45, 7) is 8.82. The zero-order valence-electron chi connectivity index (χ0n) is 13.8. The highest BCUT2D eigenvalue weighted by molar-refractivity contribution is 6.00. The lowest BCUT2D eigenvalue weighted by Gasteiger charge is -2.28. The molecule has 0 saturated carbocycles. The van der Waals surface area contributed by atoms with Gasteiger partial charge in [-0.1, -0.05) is 20.8 Å². The molecule has 116 valence electrons. The van der Waals surface area contributed by atoms with Crippen molar-refractivity contribution < 1.29 is 4.79 Å². The molecule has 0 bridgehead atoms. The number of carbonyl (C=O) groups excluding carboxylic acids is 1. The van der Waals surface area contributed by atoms with Gasteiger partial charge in [-0.2, -0.15) is 0 Å². The van der Waals surface area contributed by atoms with Crippen LogP contribution in [0, 0.1) is 11.3 Å². The van der Waals surface area contributed by atoms with E-state index in [0.717, 1.165) is 30.8 Å². The second-order valence-electron chi connectivity index (χ2n) is 7.27. The van der Waals surface area contributed by atoms with Crippen LogP contribution >= 0.6 is 0 Å². The van der Waals surface area contributed by atoms with Crippen molar-refractivity contribution in [1.82, 2.24) is 4.90 Å². The van der Waals surface area contributed by atoms with Gasteiger partial charge in [-0.25, -0.2) is 0 Å². The molecule has 21 heavy (non-hydrogen) atoms. The molecule has 1 saturated heterocycles. The number of amides is 1. The van der Waals surface area contributed by atoms with Crippen LogP contribution in [0.25, 0.3) is 0 Å². The fourth-order valence-corrected chi connectivity index (χ4v) is 2.92. The van der Waals surface area contributed by atoms with Crippen molar-refractivity contribution in [2.45, 2.75) is 27.2 Å². The Balaban J connectivity index is 2.32. The maximum absolute atomic E-state index is 12.4. The van der Waals surface area contributed by atoms with Gasteiger partial charge in [-0.15, -0.1) is 0 Å². The number of rotatable bonds is 2. The largest absolute Gasteiger partial charge is 0.399 e. The molecule has 0 aromatic heterocycles. The summed E-state index contributed by atoms with van der Waals surface area (Å²) in [5.74, 6) is 0.672. The lowest BCUT2D eigenvalue weighted by atomic mass is 9.80. The first-order chi connectivity index (χ1) is 9.70. The minimum Gasteiger partial charge on any atom is -0.399 e. The Morgan fingerprint density at radius 1 is 1.33 bits per heavy atom. The first kappa shape index (κ1) is 15.7. The molecule has 1 fully saturated rings. The molecule has 4 nitrogen and oxygen atoms in total. The maximum Gasteiger partial charge on any atom is 0.255 e. The monoisotopic (exact) mass is 289 g/mol. The highest BCUT2D eigenvalue weighted by Crippen LogP contribution is 2.37. The molecule has 0 aliphatic carbocycles. The molecule has 1 amide bonds. The van der Waals surface area contributed by atoms with E-state index in [9.17, 15) is 4.79 Å². The van der Waals surface area contributed by atoms with Crippen LogP contribution in [0.3, 0.4) is 0 Å². The van der Waals surface area contributed by atoms with E-state index in [1.807, 2.05) is 12.1 Å². The number of benzene rings is 1. The van der Waals surface area contributed by atoms with Gasteiger partial charge in [-0.05, 0) is 36.0 Å². The minimum absolute atomic E-state index is 0.0317. The molecule has 2 rings (SSSR count). The molecule has 1 aliphatic heterocycles. The van der Waals surface area contributed by atoms with Crippen LogP contribution in [0.1, 0.15) is 37.6 Å². The van der Waals surface area contributed by atoms with Crippen LogP contribution in [0.2, 0.25) is 0 Å². The Morgan fingerprint density at radius 2 is 2.00 bits per heavy atom. The van der Waals surface area contributed by atoms with Gasteiger partial charge in [0.1, 0.15) is 0 Å². The van der Waals surface area contributed by atoms with Gasteiger partial charge < -0.3 is 15.5 Å². The zero-order chi connectivity index (χ0) is 15.8. The van der Waals surface area contributed by atoms with Gasteiger partial charge >= 0.3 is 0 Å². The third-order valence-electron chi connectivity index (χ3n) is 4.41. The van der Waals surface area contributed by atoms with Gasteiger partial charge in [0.2, 0.25) is 0 Å². The molecule has 0 radical (unpaired) electrons. The van der Waals surface area contributed by atoms with Gasteiger partial charge in [0.15, 0.2) is 0 Å². The van der Waals surface area contributed by atoms with Crippen LogP contribution in [-0.4, -0.2) is 38.0 Å². The van der Waals surface area contributed by atoms with Crippen molar-refractivity contribution in [2.75, 3.05) is 37.8 Å². The normalized spacial score (nSPS) is 18.9. The Bertz CT molecular complexity index is 531. The highest BCUT2D eigenvalue weighted by Gasteiger charge is 2.33. The summed E-state index contributed by atoms with van der Waals surface area (Å²) in [6.07, 6.45) is 1.16. The van der Waals surface area contributed by atoms with Crippen molar-refractivity contribution in [1.29, 1.82) is 0 Å². The van der Waals surface area contributed by atoms with E-state index in [1.165, 1.54) is 0 Å². The Labute approximate surface area is 127 Å². The summed E-state index contributed by atoms with van der Waals surface area (Å²) in [6, 6.07) is 5.58. The molecular weight excluding hydrogens is 262 g/mol. The lowest BCUT2D eigenvalue weighted by molar-refractivity contribution is 0.0828. The van der Waals surface area contributed by atoms with Crippen LogP contribution < -0.4 is 10.6 Å². The average molecular weight is 289 g/mol. The van der Waals surface area contributed by atoms with E-state index in [4.69, 9.17) is 5.73 Å². The summed E-state index contributed by atoms with van der Waals surface area (Å²) in [7, 11) is 3.56. The molecule has 1 unspecified atom stereocenters. The number of carbonyl (C=O) groups is 1. The van der Waals surface area contributed by atoms with E-state index in [0.29, 0.717) is 17.0 Å². The van der Waals surface area contributed by atoms with Crippen molar-refractivity contribution >= 4 is 17.3 Å². The summed E-state index contributed by atoms with van der Waals surface area (Å²) in [4.78, 5) is 16.3. The molecule has 2 N–H and O–H groups in total. The molecular formula is C17H27N3O. The topological polar surface area (TPSA) is 49.6 Å². The van der Waals surface area contributed by atoms with E-state index < -0.39 is 0 Å². The molecule has 1 aromatic carbocycles. The Hall–Kier alpha value is -1.71. The average Bonchev–Trinajstić information content (AvgIpc) is 2.87. The first-order valence-electron chi connectivity index (χ1n) is 7.56. The summed E-state index contributed by atoms with van der Waals surface area (Å²) >= 11 is 0. The van der Waals surface area contributed by atoms with E-state index >= 15 is 0 Å². The van der Waals surface area contributed by atoms with Crippen molar-refractivity contribution in [3.63, 3.8) is 0 Å². The van der Waals surface area contributed by atoms with Crippen molar-refractivity contribution in [2.24, 2.45) is 11.3 Å². The van der Waals surface area contributed by atoms with Crippen LogP contribution in [0.15, 0.2) is 18.2 Å². The first-order valence-corrected chi connectivity index (χ1v) is 7.56. The smallest absolute Gasteiger partial charge is 0.255 e. The summed E-state index contributed by atoms with van der Waals surface area (Å²) < 4.78 is 0. The number of anilines is 2. The highest BCUT2D eigenvalue weighted by atomic mass is 16.2.